The van der Waals surface area contributed by atoms with Crippen molar-refractivity contribution in [3.05, 3.63) is 45.4 Å². The van der Waals surface area contributed by atoms with Crippen LogP contribution in [0.4, 0.5) is 5.13 Å². The number of hydrogen-bond acceptors (Lipinski definition) is 4. The number of benzene rings is 1. The van der Waals surface area contributed by atoms with Crippen LogP contribution in [0.1, 0.15) is 36.0 Å². The van der Waals surface area contributed by atoms with E-state index in [0.717, 1.165) is 32.7 Å². The van der Waals surface area contributed by atoms with E-state index in [2.05, 4.69) is 29.8 Å². The Kier molecular flexibility index (Phi) is 5.02. The fraction of sp³-hybridized carbons (Fsp3) is 0.400. The third-order valence-electron chi connectivity index (χ3n) is 3.46. The maximum Gasteiger partial charge on any atom is 0.186 e. The summed E-state index contributed by atoms with van der Waals surface area (Å²) in [4.78, 5) is 7.69. The predicted molar refractivity (Wildman–Crippen MR) is 85.7 cm³/mol. The normalized spacial score (nSPS) is 12.4. The summed E-state index contributed by atoms with van der Waals surface area (Å²) in [5, 5.41) is 11.0. The summed E-state index contributed by atoms with van der Waals surface area (Å²) in [6, 6.07) is 8.05. The monoisotopic (exact) mass is 310 g/mol. The van der Waals surface area contributed by atoms with E-state index in [1.54, 1.807) is 11.3 Å². The molecule has 3 nitrogen and oxygen atoms in total. The lowest BCUT2D eigenvalue weighted by atomic mass is 10.1. The van der Waals surface area contributed by atoms with Gasteiger partial charge >= 0.3 is 0 Å². The lowest BCUT2D eigenvalue weighted by molar-refractivity contribution is 0.284. The van der Waals surface area contributed by atoms with E-state index in [0.29, 0.717) is 0 Å². The molecule has 0 spiro atoms. The summed E-state index contributed by atoms with van der Waals surface area (Å²) in [7, 11) is 2.02. The zero-order valence-corrected chi connectivity index (χ0v) is 13.5. The van der Waals surface area contributed by atoms with Gasteiger partial charge in [0.15, 0.2) is 5.13 Å². The standard InChI is InChI=1S/C15H19ClN2OS/c1-4-13-14(9-19)20-15(17-13)18(3)10(2)11-6-5-7-12(16)8-11/h5-8,10,19H,4,9H2,1-3H3. The molecule has 1 aromatic heterocycles. The molecule has 1 atom stereocenters. The molecule has 0 bridgehead atoms. The van der Waals surface area contributed by atoms with Crippen molar-refractivity contribution >= 4 is 28.1 Å². The van der Waals surface area contributed by atoms with Crippen LogP contribution < -0.4 is 4.90 Å². The molecule has 20 heavy (non-hydrogen) atoms. The number of halogens is 1. The minimum atomic E-state index is 0.0558. The van der Waals surface area contributed by atoms with E-state index in [-0.39, 0.29) is 12.6 Å². The van der Waals surface area contributed by atoms with Crippen LogP contribution in [0.3, 0.4) is 0 Å². The van der Waals surface area contributed by atoms with Crippen LogP contribution in [-0.4, -0.2) is 17.1 Å². The van der Waals surface area contributed by atoms with Crippen molar-refractivity contribution in [3.63, 3.8) is 0 Å². The Hall–Kier alpha value is -1.10. The van der Waals surface area contributed by atoms with Crippen LogP contribution in [-0.2, 0) is 13.0 Å². The first-order valence-corrected chi connectivity index (χ1v) is 7.84. The van der Waals surface area contributed by atoms with E-state index in [4.69, 9.17) is 11.6 Å². The van der Waals surface area contributed by atoms with Gasteiger partial charge in [-0.1, -0.05) is 42.0 Å². The second kappa shape index (κ2) is 6.57. The highest BCUT2D eigenvalue weighted by Crippen LogP contribution is 2.32. The Morgan fingerprint density at radius 3 is 2.75 bits per heavy atom. The quantitative estimate of drug-likeness (QED) is 0.905. The number of aliphatic hydroxyl groups excluding tert-OH is 1. The van der Waals surface area contributed by atoms with Gasteiger partial charge in [0.2, 0.25) is 0 Å². The second-order valence-corrected chi connectivity index (χ2v) is 6.22. The second-order valence-electron chi connectivity index (χ2n) is 4.72. The largest absolute Gasteiger partial charge is 0.391 e. The molecular formula is C15H19ClN2OS. The minimum absolute atomic E-state index is 0.0558. The lowest BCUT2D eigenvalue weighted by Gasteiger charge is -2.24. The van der Waals surface area contributed by atoms with E-state index in [1.165, 1.54) is 0 Å². The van der Waals surface area contributed by atoms with Gasteiger partial charge in [0, 0.05) is 12.1 Å². The molecule has 108 valence electrons. The fourth-order valence-corrected chi connectivity index (χ4v) is 3.33. The number of nitrogens with zero attached hydrogens (tertiary/aromatic N) is 2. The first kappa shape index (κ1) is 15.3. The van der Waals surface area contributed by atoms with E-state index in [1.807, 2.05) is 25.2 Å². The molecule has 5 heteroatoms. The van der Waals surface area contributed by atoms with Crippen molar-refractivity contribution in [1.29, 1.82) is 0 Å². The molecule has 0 amide bonds. The maximum absolute atomic E-state index is 9.37. The van der Waals surface area contributed by atoms with Crippen molar-refractivity contribution in [2.24, 2.45) is 0 Å². The van der Waals surface area contributed by atoms with E-state index in [9.17, 15) is 5.11 Å². The van der Waals surface area contributed by atoms with Crippen LogP contribution >= 0.6 is 22.9 Å². The van der Waals surface area contributed by atoms with Gasteiger partial charge in [0.25, 0.3) is 0 Å². The average Bonchev–Trinajstić information content (AvgIpc) is 2.89. The van der Waals surface area contributed by atoms with E-state index >= 15 is 0 Å². The maximum atomic E-state index is 9.37. The molecule has 0 saturated heterocycles. The first-order chi connectivity index (χ1) is 9.56. The molecule has 2 rings (SSSR count). The smallest absolute Gasteiger partial charge is 0.186 e. The number of aromatic nitrogens is 1. The molecule has 0 fully saturated rings. The highest BCUT2D eigenvalue weighted by Gasteiger charge is 2.18. The third kappa shape index (κ3) is 3.14. The predicted octanol–water partition coefficient (Wildman–Crippen LogP) is 4.05. The summed E-state index contributed by atoms with van der Waals surface area (Å²) in [6.07, 6.45) is 0.839. The van der Waals surface area contributed by atoms with Gasteiger partial charge in [-0.25, -0.2) is 4.98 Å². The summed E-state index contributed by atoms with van der Waals surface area (Å²) in [6.45, 7) is 4.23. The van der Waals surface area contributed by atoms with Crippen LogP contribution in [0, 0.1) is 0 Å². The first-order valence-electron chi connectivity index (χ1n) is 6.64. The number of rotatable bonds is 5. The van der Waals surface area contributed by atoms with Gasteiger partial charge in [-0.3, -0.25) is 0 Å². The molecule has 0 aliphatic heterocycles. The molecule has 0 aliphatic rings. The van der Waals surface area contributed by atoms with Gasteiger partial charge in [0.05, 0.1) is 23.2 Å². The van der Waals surface area contributed by atoms with Crippen molar-refractivity contribution in [1.82, 2.24) is 4.98 Å². The van der Waals surface area contributed by atoms with Crippen LogP contribution in [0.15, 0.2) is 24.3 Å². The van der Waals surface area contributed by atoms with Gasteiger partial charge < -0.3 is 10.0 Å². The van der Waals surface area contributed by atoms with Gasteiger partial charge in [-0.05, 0) is 31.0 Å². The van der Waals surface area contributed by atoms with Crippen molar-refractivity contribution in [2.45, 2.75) is 32.9 Å². The number of aliphatic hydroxyl groups is 1. The van der Waals surface area contributed by atoms with Gasteiger partial charge in [-0.2, -0.15) is 0 Å². The minimum Gasteiger partial charge on any atom is -0.391 e. The van der Waals surface area contributed by atoms with Gasteiger partial charge in [0.1, 0.15) is 0 Å². The third-order valence-corrected chi connectivity index (χ3v) is 4.87. The Bertz CT molecular complexity index is 564. The molecule has 2 aromatic rings. The van der Waals surface area contributed by atoms with Crippen LogP contribution in [0.5, 0.6) is 0 Å². The van der Waals surface area contributed by atoms with E-state index < -0.39 is 0 Å². The molecule has 1 aromatic carbocycles. The number of aryl methyl sites for hydroxylation is 1. The molecular weight excluding hydrogens is 292 g/mol. The topological polar surface area (TPSA) is 36.4 Å². The molecule has 0 radical (unpaired) electrons. The Balaban J connectivity index is 2.26. The average molecular weight is 311 g/mol. The molecule has 1 N–H and O–H groups in total. The van der Waals surface area contributed by atoms with Gasteiger partial charge in [-0.15, -0.1) is 0 Å². The molecule has 0 aliphatic carbocycles. The number of thiazole rings is 1. The molecule has 1 heterocycles. The van der Waals surface area contributed by atoms with Crippen LogP contribution in [0.2, 0.25) is 5.02 Å². The van der Waals surface area contributed by atoms with Crippen molar-refractivity contribution < 1.29 is 5.11 Å². The summed E-state index contributed by atoms with van der Waals surface area (Å²) in [5.41, 5.74) is 2.14. The zero-order chi connectivity index (χ0) is 14.7. The summed E-state index contributed by atoms with van der Waals surface area (Å²) >= 11 is 7.60. The Morgan fingerprint density at radius 1 is 1.45 bits per heavy atom. The van der Waals surface area contributed by atoms with Crippen LogP contribution in [0.25, 0.3) is 0 Å². The number of anilines is 1. The Labute approximate surface area is 128 Å². The highest BCUT2D eigenvalue weighted by molar-refractivity contribution is 7.15. The molecule has 1 unspecified atom stereocenters. The molecule has 0 saturated carbocycles. The van der Waals surface area contributed by atoms with Crippen molar-refractivity contribution in [3.8, 4) is 0 Å². The highest BCUT2D eigenvalue weighted by atomic mass is 35.5. The van der Waals surface area contributed by atoms with Crippen molar-refractivity contribution in [2.75, 3.05) is 11.9 Å². The zero-order valence-electron chi connectivity index (χ0n) is 11.9. The summed E-state index contributed by atoms with van der Waals surface area (Å²) in [5.74, 6) is 0. The SMILES string of the molecule is CCc1nc(N(C)C(C)c2cccc(Cl)c2)sc1CO. The lowest BCUT2D eigenvalue weighted by Crippen LogP contribution is -2.21. The number of hydrogen-bond donors (Lipinski definition) is 1. The fourth-order valence-electron chi connectivity index (χ4n) is 2.08. The Morgan fingerprint density at radius 2 is 2.20 bits per heavy atom. The summed E-state index contributed by atoms with van der Waals surface area (Å²) < 4.78 is 0.